The summed E-state index contributed by atoms with van der Waals surface area (Å²) < 4.78 is 20.3. The zero-order chi connectivity index (χ0) is 20.1. The van der Waals surface area contributed by atoms with E-state index in [1.54, 1.807) is 41.3 Å². The molecule has 144 valence electrons. The third-order valence-electron chi connectivity index (χ3n) is 4.31. The maximum absolute atomic E-state index is 13.3. The molecule has 0 bridgehead atoms. The molecule has 1 amide bonds. The van der Waals surface area contributed by atoms with Gasteiger partial charge in [0.25, 0.3) is 0 Å². The van der Waals surface area contributed by atoms with Crippen LogP contribution in [0.1, 0.15) is 11.3 Å². The minimum atomic E-state index is -0.314. The Balaban J connectivity index is 1.61. The summed E-state index contributed by atoms with van der Waals surface area (Å²) in [5.41, 5.74) is 3.05. The van der Waals surface area contributed by atoms with Gasteiger partial charge in [0.2, 0.25) is 5.91 Å². The van der Waals surface area contributed by atoms with Gasteiger partial charge in [-0.05, 0) is 54.6 Å². The lowest BCUT2D eigenvalue weighted by Gasteiger charge is -2.00. The van der Waals surface area contributed by atoms with Crippen molar-refractivity contribution in [1.29, 1.82) is 0 Å². The molecule has 2 heterocycles. The summed E-state index contributed by atoms with van der Waals surface area (Å²) in [4.78, 5) is 12.2. The molecular weight excluding hydrogens is 369 g/mol. The Labute approximate surface area is 167 Å². The molecule has 5 nitrogen and oxygen atoms in total. The predicted molar refractivity (Wildman–Crippen MR) is 109 cm³/mol. The molecule has 0 unspecified atom stereocenters. The molecule has 0 aliphatic carbocycles. The van der Waals surface area contributed by atoms with Crippen molar-refractivity contribution in [2.45, 2.75) is 6.54 Å². The number of hydrogen-bond donors (Lipinski definition) is 1. The zero-order valence-corrected chi connectivity index (χ0v) is 15.5. The molecule has 4 aromatic rings. The minimum Gasteiger partial charge on any atom is -0.467 e. The van der Waals surface area contributed by atoms with Crippen LogP contribution in [0.15, 0.2) is 89.7 Å². The fraction of sp³-hybridized carbons (Fsp3) is 0.0435. The van der Waals surface area contributed by atoms with E-state index >= 15 is 0 Å². The van der Waals surface area contributed by atoms with Crippen molar-refractivity contribution >= 4 is 12.0 Å². The van der Waals surface area contributed by atoms with Crippen molar-refractivity contribution in [2.75, 3.05) is 0 Å². The highest BCUT2D eigenvalue weighted by atomic mass is 19.1. The highest BCUT2D eigenvalue weighted by Gasteiger charge is 2.11. The molecule has 2 aromatic heterocycles. The van der Waals surface area contributed by atoms with Crippen LogP contribution in [0.2, 0.25) is 0 Å². The Hall–Kier alpha value is -3.93. The molecule has 0 saturated heterocycles. The number of aromatic nitrogens is 2. The van der Waals surface area contributed by atoms with Crippen LogP contribution >= 0.6 is 0 Å². The van der Waals surface area contributed by atoms with Gasteiger partial charge in [0, 0.05) is 23.4 Å². The van der Waals surface area contributed by atoms with Crippen molar-refractivity contribution in [3.05, 3.63) is 102 Å². The Bertz CT molecular complexity index is 1110. The first-order valence-electron chi connectivity index (χ1n) is 9.08. The fourth-order valence-electron chi connectivity index (χ4n) is 2.87. The number of furan rings is 1. The van der Waals surface area contributed by atoms with E-state index in [1.165, 1.54) is 18.2 Å². The predicted octanol–water partition coefficient (Wildman–Crippen LogP) is 4.60. The van der Waals surface area contributed by atoms with Gasteiger partial charge in [0.05, 0.1) is 24.2 Å². The first-order valence-corrected chi connectivity index (χ1v) is 9.08. The largest absolute Gasteiger partial charge is 0.467 e. The average Bonchev–Trinajstić information content (AvgIpc) is 3.42. The van der Waals surface area contributed by atoms with Gasteiger partial charge in [-0.3, -0.25) is 4.79 Å². The summed E-state index contributed by atoms with van der Waals surface area (Å²) in [7, 11) is 0. The Morgan fingerprint density at radius 2 is 1.86 bits per heavy atom. The Morgan fingerprint density at radius 3 is 2.59 bits per heavy atom. The summed E-state index contributed by atoms with van der Waals surface area (Å²) >= 11 is 0. The van der Waals surface area contributed by atoms with Gasteiger partial charge in [0.1, 0.15) is 11.6 Å². The van der Waals surface area contributed by atoms with Gasteiger partial charge in [-0.1, -0.05) is 18.2 Å². The van der Waals surface area contributed by atoms with Crippen molar-refractivity contribution in [3.63, 3.8) is 0 Å². The number of hydrogen-bond acceptors (Lipinski definition) is 3. The smallest absolute Gasteiger partial charge is 0.244 e. The molecule has 0 saturated carbocycles. The van der Waals surface area contributed by atoms with Gasteiger partial charge in [0.15, 0.2) is 0 Å². The number of nitrogens with zero attached hydrogens (tertiary/aromatic N) is 2. The summed E-state index contributed by atoms with van der Waals surface area (Å²) in [5, 5.41) is 7.41. The standard InChI is InChI=1S/C23H18FN3O2/c24-19-11-8-17(9-12-19)23-18(16-27(26-23)20-5-2-1-3-6-20)10-13-22(28)25-15-21-7-4-14-29-21/h1-14,16H,15H2,(H,25,28). The highest BCUT2D eigenvalue weighted by Crippen LogP contribution is 2.25. The van der Waals surface area contributed by atoms with Crippen LogP contribution in [0, 0.1) is 5.82 Å². The second-order valence-corrected chi connectivity index (χ2v) is 6.35. The number of nitrogens with one attached hydrogen (secondary N) is 1. The van der Waals surface area contributed by atoms with E-state index in [-0.39, 0.29) is 11.7 Å². The number of carbonyl (C=O) groups excluding carboxylic acids is 1. The van der Waals surface area contributed by atoms with Crippen molar-refractivity contribution in [1.82, 2.24) is 15.1 Å². The number of para-hydroxylation sites is 1. The van der Waals surface area contributed by atoms with Gasteiger partial charge in [-0.15, -0.1) is 0 Å². The summed E-state index contributed by atoms with van der Waals surface area (Å²) in [5.74, 6) is 0.111. The molecule has 2 aromatic carbocycles. The minimum absolute atomic E-state index is 0.251. The van der Waals surface area contributed by atoms with Gasteiger partial charge in [-0.25, -0.2) is 9.07 Å². The van der Waals surface area contributed by atoms with Gasteiger partial charge < -0.3 is 9.73 Å². The topological polar surface area (TPSA) is 60.1 Å². The van der Waals surface area contributed by atoms with Crippen LogP contribution in [0.5, 0.6) is 0 Å². The zero-order valence-electron chi connectivity index (χ0n) is 15.5. The van der Waals surface area contributed by atoms with E-state index < -0.39 is 0 Å². The van der Waals surface area contributed by atoms with E-state index in [9.17, 15) is 9.18 Å². The highest BCUT2D eigenvalue weighted by molar-refractivity contribution is 5.92. The number of rotatable bonds is 6. The molecule has 0 aliphatic heterocycles. The van der Waals surface area contributed by atoms with Crippen LogP contribution in [-0.2, 0) is 11.3 Å². The van der Waals surface area contributed by atoms with E-state index in [4.69, 9.17) is 4.42 Å². The molecule has 0 radical (unpaired) electrons. The van der Waals surface area contributed by atoms with Crippen LogP contribution < -0.4 is 5.32 Å². The summed E-state index contributed by atoms with van der Waals surface area (Å²) in [6.45, 7) is 0.310. The normalized spacial score (nSPS) is 11.1. The third-order valence-corrected chi connectivity index (χ3v) is 4.31. The van der Waals surface area contributed by atoms with E-state index in [0.29, 0.717) is 18.0 Å². The number of benzene rings is 2. The lowest BCUT2D eigenvalue weighted by atomic mass is 10.1. The van der Waals surface area contributed by atoms with E-state index in [0.717, 1.165) is 16.8 Å². The molecule has 0 aliphatic rings. The molecule has 1 N–H and O–H groups in total. The van der Waals surface area contributed by atoms with Crippen LogP contribution in [0.25, 0.3) is 23.0 Å². The van der Waals surface area contributed by atoms with Gasteiger partial charge in [-0.2, -0.15) is 5.10 Å². The maximum Gasteiger partial charge on any atom is 0.244 e. The second kappa shape index (κ2) is 8.39. The fourth-order valence-corrected chi connectivity index (χ4v) is 2.87. The summed E-state index contributed by atoms with van der Waals surface area (Å²) in [6, 6.07) is 19.3. The molecule has 0 fully saturated rings. The molecule has 4 rings (SSSR count). The second-order valence-electron chi connectivity index (χ2n) is 6.35. The monoisotopic (exact) mass is 387 g/mol. The maximum atomic E-state index is 13.3. The first kappa shape index (κ1) is 18.4. The van der Waals surface area contributed by atoms with Crippen LogP contribution in [0.3, 0.4) is 0 Å². The Kier molecular flexibility index (Phi) is 5.33. The quantitative estimate of drug-likeness (QED) is 0.492. The van der Waals surface area contributed by atoms with E-state index in [2.05, 4.69) is 10.4 Å². The lowest BCUT2D eigenvalue weighted by Crippen LogP contribution is -2.19. The average molecular weight is 387 g/mol. The number of halogens is 1. The van der Waals surface area contributed by atoms with Crippen molar-refractivity contribution in [3.8, 4) is 16.9 Å². The van der Waals surface area contributed by atoms with E-state index in [1.807, 2.05) is 36.5 Å². The third kappa shape index (κ3) is 4.50. The molecule has 6 heteroatoms. The SMILES string of the molecule is O=C(C=Cc1cn(-c2ccccc2)nc1-c1ccc(F)cc1)NCc1ccco1. The number of amides is 1. The first-order chi connectivity index (χ1) is 14.2. The summed E-state index contributed by atoms with van der Waals surface area (Å²) in [6.07, 6.45) is 6.54. The van der Waals surface area contributed by atoms with Crippen LogP contribution in [0.4, 0.5) is 4.39 Å². The molecule has 0 atom stereocenters. The molecular formula is C23H18FN3O2. The molecule has 0 spiro atoms. The van der Waals surface area contributed by atoms with Crippen LogP contribution in [-0.4, -0.2) is 15.7 Å². The van der Waals surface area contributed by atoms with Gasteiger partial charge >= 0.3 is 0 Å². The van der Waals surface area contributed by atoms with Crippen molar-refractivity contribution in [2.24, 2.45) is 0 Å². The Morgan fingerprint density at radius 1 is 1.07 bits per heavy atom. The number of carbonyl (C=O) groups is 1. The molecule has 29 heavy (non-hydrogen) atoms. The van der Waals surface area contributed by atoms with Crippen molar-refractivity contribution < 1.29 is 13.6 Å². The lowest BCUT2D eigenvalue weighted by molar-refractivity contribution is -0.116.